The third-order valence-corrected chi connectivity index (χ3v) is 4.87. The monoisotopic (exact) mass is 364 g/mol. The lowest BCUT2D eigenvalue weighted by molar-refractivity contribution is 0.452. The van der Waals surface area contributed by atoms with Gasteiger partial charge in [-0.25, -0.2) is 4.98 Å². The molecule has 0 aliphatic heterocycles. The molecule has 0 aliphatic carbocycles. The van der Waals surface area contributed by atoms with Crippen LogP contribution in [0.1, 0.15) is 42.1 Å². The highest BCUT2D eigenvalue weighted by atomic mass is 32.2. The molecule has 4 heteroatoms. The maximum absolute atomic E-state index is 6.00. The van der Waals surface area contributed by atoms with E-state index < -0.39 is 0 Å². The van der Waals surface area contributed by atoms with Crippen LogP contribution >= 0.6 is 11.8 Å². The largest absolute Gasteiger partial charge is 0.439 e. The molecule has 0 atom stereocenters. The predicted octanol–water partition coefficient (Wildman–Crippen LogP) is 6.30. The summed E-state index contributed by atoms with van der Waals surface area (Å²) in [4.78, 5) is 9.31. The van der Waals surface area contributed by atoms with Gasteiger partial charge in [0, 0.05) is 11.8 Å². The molecule has 0 saturated carbocycles. The Hall–Kier alpha value is -2.33. The zero-order chi connectivity index (χ0) is 18.5. The van der Waals surface area contributed by atoms with Crippen molar-refractivity contribution in [3.05, 3.63) is 77.0 Å². The molecule has 0 bridgehead atoms. The lowest BCUT2D eigenvalue weighted by atomic mass is 10.1. The van der Waals surface area contributed by atoms with E-state index in [0.717, 1.165) is 27.9 Å². The first-order chi connectivity index (χ1) is 12.5. The molecule has 2 aromatic carbocycles. The van der Waals surface area contributed by atoms with Crippen molar-refractivity contribution in [1.82, 2.24) is 9.97 Å². The molecule has 3 rings (SSSR count). The minimum atomic E-state index is 0.316. The molecule has 0 saturated heterocycles. The Morgan fingerprint density at radius 3 is 2.35 bits per heavy atom. The van der Waals surface area contributed by atoms with Crippen molar-refractivity contribution in [3.8, 4) is 11.6 Å². The topological polar surface area (TPSA) is 35.0 Å². The van der Waals surface area contributed by atoms with Crippen molar-refractivity contribution in [2.75, 3.05) is 0 Å². The summed E-state index contributed by atoms with van der Waals surface area (Å²) in [6.07, 6.45) is 0. The molecule has 0 amide bonds. The van der Waals surface area contributed by atoms with Gasteiger partial charge < -0.3 is 4.74 Å². The molecule has 0 radical (unpaired) electrons. The molecule has 0 unspecified atom stereocenters. The van der Waals surface area contributed by atoms with Gasteiger partial charge in [0.05, 0.1) is 5.69 Å². The number of benzene rings is 2. The summed E-state index contributed by atoms with van der Waals surface area (Å²) < 4.78 is 6.00. The first-order valence-electron chi connectivity index (χ1n) is 8.81. The number of rotatable bonds is 6. The number of hydrogen-bond acceptors (Lipinski definition) is 4. The van der Waals surface area contributed by atoms with E-state index in [1.807, 2.05) is 24.3 Å². The standard InChI is InChI=1S/C22H24N2OS/c1-15(2)20-13-21(25-19-10-6-8-17(4)12-19)24-22(23-20)26-14-18-9-5-7-16(3)11-18/h5-13,15H,14H2,1-4H3. The molecule has 1 heterocycles. The van der Waals surface area contributed by atoms with E-state index in [1.165, 1.54) is 11.1 Å². The van der Waals surface area contributed by atoms with Gasteiger partial charge in [-0.3, -0.25) is 0 Å². The van der Waals surface area contributed by atoms with Crippen molar-refractivity contribution in [2.24, 2.45) is 0 Å². The number of ether oxygens (including phenoxy) is 1. The first kappa shape index (κ1) is 18.5. The zero-order valence-corrected chi connectivity index (χ0v) is 16.5. The Labute approximate surface area is 159 Å². The highest BCUT2D eigenvalue weighted by Gasteiger charge is 2.10. The predicted molar refractivity (Wildman–Crippen MR) is 108 cm³/mol. The van der Waals surface area contributed by atoms with E-state index in [1.54, 1.807) is 11.8 Å². The Morgan fingerprint density at radius 2 is 1.65 bits per heavy atom. The third kappa shape index (κ3) is 5.09. The third-order valence-electron chi connectivity index (χ3n) is 3.96. The molecule has 3 nitrogen and oxygen atoms in total. The van der Waals surface area contributed by atoms with Crippen LogP contribution in [-0.4, -0.2) is 9.97 Å². The van der Waals surface area contributed by atoms with Gasteiger partial charge in [-0.05, 0) is 43.0 Å². The highest BCUT2D eigenvalue weighted by Crippen LogP contribution is 2.28. The van der Waals surface area contributed by atoms with Gasteiger partial charge in [0.1, 0.15) is 5.75 Å². The fourth-order valence-corrected chi connectivity index (χ4v) is 3.38. The molecule has 1 aromatic heterocycles. The van der Waals surface area contributed by atoms with Crippen LogP contribution < -0.4 is 4.74 Å². The number of aromatic nitrogens is 2. The number of aryl methyl sites for hydroxylation is 2. The van der Waals surface area contributed by atoms with Crippen LogP contribution in [0.15, 0.2) is 59.8 Å². The van der Waals surface area contributed by atoms with Gasteiger partial charge in [-0.15, -0.1) is 0 Å². The SMILES string of the molecule is Cc1cccc(CSc2nc(Oc3cccc(C)c3)cc(C(C)C)n2)c1. The second kappa shape index (κ2) is 8.37. The minimum Gasteiger partial charge on any atom is -0.439 e. The van der Waals surface area contributed by atoms with Crippen molar-refractivity contribution in [1.29, 1.82) is 0 Å². The van der Waals surface area contributed by atoms with E-state index in [2.05, 4.69) is 63.0 Å². The maximum Gasteiger partial charge on any atom is 0.223 e. The van der Waals surface area contributed by atoms with Gasteiger partial charge in [0.2, 0.25) is 5.88 Å². The zero-order valence-electron chi connectivity index (χ0n) is 15.7. The van der Waals surface area contributed by atoms with Crippen LogP contribution in [0.5, 0.6) is 11.6 Å². The molecule has 0 aliphatic rings. The van der Waals surface area contributed by atoms with E-state index in [9.17, 15) is 0 Å². The van der Waals surface area contributed by atoms with Gasteiger partial charge in [-0.1, -0.05) is 67.6 Å². The van der Waals surface area contributed by atoms with E-state index in [0.29, 0.717) is 11.8 Å². The molecule has 3 aromatic rings. The van der Waals surface area contributed by atoms with Gasteiger partial charge in [0.25, 0.3) is 0 Å². The Kier molecular flexibility index (Phi) is 5.94. The maximum atomic E-state index is 6.00. The first-order valence-corrected chi connectivity index (χ1v) is 9.80. The Balaban J connectivity index is 1.81. The Morgan fingerprint density at radius 1 is 0.923 bits per heavy atom. The second-order valence-electron chi connectivity index (χ2n) is 6.76. The summed E-state index contributed by atoms with van der Waals surface area (Å²) in [5, 5.41) is 0.750. The normalized spacial score (nSPS) is 11.0. The Bertz CT molecular complexity index is 893. The fourth-order valence-electron chi connectivity index (χ4n) is 2.58. The van der Waals surface area contributed by atoms with Crippen molar-refractivity contribution >= 4 is 11.8 Å². The summed E-state index contributed by atoms with van der Waals surface area (Å²) in [5.74, 6) is 2.55. The van der Waals surface area contributed by atoms with Crippen LogP contribution in [0.25, 0.3) is 0 Å². The average Bonchev–Trinajstić information content (AvgIpc) is 2.60. The van der Waals surface area contributed by atoms with Crippen LogP contribution in [-0.2, 0) is 5.75 Å². The lowest BCUT2D eigenvalue weighted by Crippen LogP contribution is -2.00. The van der Waals surface area contributed by atoms with Gasteiger partial charge in [-0.2, -0.15) is 4.98 Å². The summed E-state index contributed by atoms with van der Waals surface area (Å²) in [5.41, 5.74) is 4.70. The molecule has 0 N–H and O–H groups in total. The van der Waals surface area contributed by atoms with Crippen LogP contribution in [0.4, 0.5) is 0 Å². The minimum absolute atomic E-state index is 0.316. The molecule has 0 fully saturated rings. The van der Waals surface area contributed by atoms with Crippen molar-refractivity contribution < 1.29 is 4.74 Å². The number of nitrogens with zero attached hydrogens (tertiary/aromatic N) is 2. The lowest BCUT2D eigenvalue weighted by Gasteiger charge is -2.11. The molecular formula is C22H24N2OS. The van der Waals surface area contributed by atoms with E-state index >= 15 is 0 Å². The second-order valence-corrected chi connectivity index (χ2v) is 7.71. The summed E-state index contributed by atoms with van der Waals surface area (Å²) in [6.45, 7) is 8.43. The van der Waals surface area contributed by atoms with Crippen molar-refractivity contribution in [2.45, 2.75) is 44.5 Å². The summed E-state index contributed by atoms with van der Waals surface area (Å²) in [7, 11) is 0. The number of hydrogen-bond donors (Lipinski definition) is 0. The van der Waals surface area contributed by atoms with Crippen LogP contribution in [0.3, 0.4) is 0 Å². The van der Waals surface area contributed by atoms with Crippen molar-refractivity contribution in [3.63, 3.8) is 0 Å². The van der Waals surface area contributed by atoms with Gasteiger partial charge >= 0.3 is 0 Å². The quantitative estimate of drug-likeness (QED) is 0.380. The average molecular weight is 365 g/mol. The van der Waals surface area contributed by atoms with Crippen LogP contribution in [0, 0.1) is 13.8 Å². The molecular weight excluding hydrogens is 340 g/mol. The fraction of sp³-hybridized carbons (Fsp3) is 0.273. The smallest absolute Gasteiger partial charge is 0.223 e. The molecule has 26 heavy (non-hydrogen) atoms. The molecule has 134 valence electrons. The van der Waals surface area contributed by atoms with Crippen LogP contribution in [0.2, 0.25) is 0 Å². The van der Waals surface area contributed by atoms with E-state index in [-0.39, 0.29) is 0 Å². The highest BCUT2D eigenvalue weighted by molar-refractivity contribution is 7.98. The molecule has 0 spiro atoms. The van der Waals surface area contributed by atoms with Gasteiger partial charge in [0.15, 0.2) is 5.16 Å². The summed E-state index contributed by atoms with van der Waals surface area (Å²) >= 11 is 1.64. The van der Waals surface area contributed by atoms with E-state index in [4.69, 9.17) is 9.72 Å². The summed E-state index contributed by atoms with van der Waals surface area (Å²) in [6, 6.07) is 18.5. The number of thioether (sulfide) groups is 1.